The predicted octanol–water partition coefficient (Wildman–Crippen LogP) is 7.71. The van der Waals surface area contributed by atoms with Gasteiger partial charge in [-0.25, -0.2) is 0 Å². The highest BCUT2D eigenvalue weighted by molar-refractivity contribution is 5.93. The Bertz CT molecular complexity index is 1030. The molecule has 0 bridgehead atoms. The Labute approximate surface area is 166 Å². The zero-order valence-electron chi connectivity index (χ0n) is 15.8. The van der Waals surface area contributed by atoms with Crippen LogP contribution in [0, 0.1) is 0 Å². The molecule has 0 aliphatic heterocycles. The molecule has 0 heterocycles. The van der Waals surface area contributed by atoms with Gasteiger partial charge in [0.15, 0.2) is 0 Å². The lowest BCUT2D eigenvalue weighted by Crippen LogP contribution is -1.96. The minimum atomic E-state index is 1.01. The molecular weight excluding hydrogens is 336 g/mol. The topological polar surface area (TPSA) is 0 Å². The molecule has 5 rings (SSSR count). The van der Waals surface area contributed by atoms with E-state index in [9.17, 15) is 0 Å². The van der Waals surface area contributed by atoms with E-state index < -0.39 is 0 Å². The smallest absolute Gasteiger partial charge is 0.00882 e. The molecule has 0 saturated carbocycles. The largest absolute Gasteiger partial charge is 0.0801 e. The highest BCUT2D eigenvalue weighted by Crippen LogP contribution is 2.41. The van der Waals surface area contributed by atoms with E-state index in [1.165, 1.54) is 44.5 Å². The Morgan fingerprint density at radius 1 is 0.464 bits per heavy atom. The van der Waals surface area contributed by atoms with Crippen molar-refractivity contribution in [2.45, 2.75) is 12.8 Å². The van der Waals surface area contributed by atoms with Crippen molar-refractivity contribution >= 4 is 11.1 Å². The Balaban J connectivity index is 1.78. The van der Waals surface area contributed by atoms with Gasteiger partial charge in [0.05, 0.1) is 0 Å². The first-order valence-electron chi connectivity index (χ1n) is 9.91. The molecule has 0 radical (unpaired) electrons. The van der Waals surface area contributed by atoms with E-state index in [1.54, 1.807) is 0 Å². The lowest BCUT2D eigenvalue weighted by molar-refractivity contribution is 1.37. The summed E-state index contributed by atoms with van der Waals surface area (Å²) >= 11 is 0. The second-order valence-electron chi connectivity index (χ2n) is 7.32. The molecule has 0 nitrogen and oxygen atoms in total. The normalized spacial score (nSPS) is 15.0. The number of hydrogen-bond acceptors (Lipinski definition) is 0. The van der Waals surface area contributed by atoms with Crippen molar-refractivity contribution in [3.63, 3.8) is 0 Å². The fourth-order valence-corrected chi connectivity index (χ4v) is 4.14. The van der Waals surface area contributed by atoms with E-state index in [-0.39, 0.29) is 0 Å². The van der Waals surface area contributed by atoms with Gasteiger partial charge in [-0.2, -0.15) is 0 Å². The first-order valence-corrected chi connectivity index (χ1v) is 9.91. The van der Waals surface area contributed by atoms with Crippen molar-refractivity contribution in [3.8, 4) is 22.3 Å². The molecule has 0 aromatic heterocycles. The molecule has 3 aromatic rings. The second-order valence-corrected chi connectivity index (χ2v) is 7.32. The van der Waals surface area contributed by atoms with Crippen molar-refractivity contribution in [1.82, 2.24) is 0 Å². The summed E-state index contributed by atoms with van der Waals surface area (Å²) in [6.45, 7) is 0. The number of rotatable bonds is 4. The molecule has 3 aromatic carbocycles. The molecule has 0 spiro atoms. The van der Waals surface area contributed by atoms with Crippen LogP contribution in [0.1, 0.15) is 24.0 Å². The quantitative estimate of drug-likeness (QED) is 0.448. The molecule has 134 valence electrons. The molecule has 0 saturated heterocycles. The van der Waals surface area contributed by atoms with E-state index in [0.29, 0.717) is 0 Å². The van der Waals surface area contributed by atoms with Gasteiger partial charge in [0.1, 0.15) is 0 Å². The third-order valence-corrected chi connectivity index (χ3v) is 5.56. The van der Waals surface area contributed by atoms with Gasteiger partial charge < -0.3 is 0 Å². The molecule has 0 fully saturated rings. The van der Waals surface area contributed by atoms with Gasteiger partial charge in [-0.1, -0.05) is 97.1 Å². The summed E-state index contributed by atoms with van der Waals surface area (Å²) in [5.41, 5.74) is 10.6. The van der Waals surface area contributed by atoms with Crippen molar-refractivity contribution in [3.05, 3.63) is 120 Å². The summed E-state index contributed by atoms with van der Waals surface area (Å²) in [4.78, 5) is 0. The van der Waals surface area contributed by atoms with E-state index in [2.05, 4.69) is 109 Å². The Morgan fingerprint density at radius 3 is 1.25 bits per heavy atom. The maximum Gasteiger partial charge on any atom is -0.00882 e. The van der Waals surface area contributed by atoms with Crippen LogP contribution in [0.3, 0.4) is 0 Å². The van der Waals surface area contributed by atoms with Crippen LogP contribution in [0.5, 0.6) is 0 Å². The number of allylic oxidation sites excluding steroid dienone is 8. The highest BCUT2D eigenvalue weighted by atomic mass is 14.2. The van der Waals surface area contributed by atoms with Gasteiger partial charge in [0.2, 0.25) is 0 Å². The molecule has 28 heavy (non-hydrogen) atoms. The summed E-state index contributed by atoms with van der Waals surface area (Å²) in [7, 11) is 0. The first-order chi connectivity index (χ1) is 13.9. The molecule has 0 amide bonds. The standard InChI is InChI=1S/C28H22/c1-3-11-21(12-4-1)25-19-27(23-15-7-8-16-23)28(24-17-9-10-18-24)20-26(25)22-13-5-2-6-14-22/h1-15,17,19-20H,16,18H2. The molecular formula is C28H22. The lowest BCUT2D eigenvalue weighted by Gasteiger charge is -2.19. The van der Waals surface area contributed by atoms with E-state index in [0.717, 1.165) is 12.8 Å². The zero-order chi connectivity index (χ0) is 18.8. The van der Waals surface area contributed by atoms with Gasteiger partial charge in [0.25, 0.3) is 0 Å². The third-order valence-electron chi connectivity index (χ3n) is 5.56. The van der Waals surface area contributed by atoms with Crippen LogP contribution in [0.15, 0.2) is 109 Å². The second kappa shape index (κ2) is 7.32. The molecule has 2 aliphatic carbocycles. The van der Waals surface area contributed by atoms with Gasteiger partial charge in [-0.05, 0) is 69.5 Å². The Kier molecular flexibility index (Phi) is 4.39. The van der Waals surface area contributed by atoms with Crippen LogP contribution in [0.2, 0.25) is 0 Å². The zero-order valence-corrected chi connectivity index (χ0v) is 15.8. The van der Waals surface area contributed by atoms with Crippen LogP contribution in [0.25, 0.3) is 33.4 Å². The van der Waals surface area contributed by atoms with Crippen molar-refractivity contribution < 1.29 is 0 Å². The fraction of sp³-hybridized carbons (Fsp3) is 0.0714. The Hall–Kier alpha value is -3.38. The average Bonchev–Trinajstić information content (AvgIpc) is 3.48. The summed E-state index contributed by atoms with van der Waals surface area (Å²) < 4.78 is 0. The highest BCUT2D eigenvalue weighted by Gasteiger charge is 2.18. The average molecular weight is 358 g/mol. The number of benzene rings is 3. The van der Waals surface area contributed by atoms with Crippen LogP contribution < -0.4 is 0 Å². The van der Waals surface area contributed by atoms with Crippen LogP contribution >= 0.6 is 0 Å². The summed E-state index contributed by atoms with van der Waals surface area (Å²) in [6, 6.07) is 26.3. The number of hydrogen-bond donors (Lipinski definition) is 0. The first kappa shape index (κ1) is 16.8. The van der Waals surface area contributed by atoms with E-state index in [4.69, 9.17) is 0 Å². The van der Waals surface area contributed by atoms with E-state index in [1.807, 2.05) is 0 Å². The fourth-order valence-electron chi connectivity index (χ4n) is 4.14. The summed E-state index contributed by atoms with van der Waals surface area (Å²) in [6.07, 6.45) is 15.4. The Morgan fingerprint density at radius 2 is 0.893 bits per heavy atom. The van der Waals surface area contributed by atoms with Crippen LogP contribution in [-0.4, -0.2) is 0 Å². The maximum absolute atomic E-state index is 2.41. The van der Waals surface area contributed by atoms with Gasteiger partial charge in [0, 0.05) is 0 Å². The molecule has 0 unspecified atom stereocenters. The molecule has 0 atom stereocenters. The minimum absolute atomic E-state index is 1.01. The predicted molar refractivity (Wildman–Crippen MR) is 121 cm³/mol. The third kappa shape index (κ3) is 3.08. The van der Waals surface area contributed by atoms with Crippen LogP contribution in [0.4, 0.5) is 0 Å². The van der Waals surface area contributed by atoms with Crippen molar-refractivity contribution in [1.29, 1.82) is 0 Å². The monoisotopic (exact) mass is 358 g/mol. The minimum Gasteiger partial charge on any atom is -0.0801 e. The summed E-state index contributed by atoms with van der Waals surface area (Å²) in [5, 5.41) is 0. The lowest BCUT2D eigenvalue weighted by atomic mass is 9.85. The van der Waals surface area contributed by atoms with Crippen molar-refractivity contribution in [2.75, 3.05) is 0 Å². The van der Waals surface area contributed by atoms with Gasteiger partial charge in [-0.15, -0.1) is 0 Å². The van der Waals surface area contributed by atoms with E-state index >= 15 is 0 Å². The van der Waals surface area contributed by atoms with Crippen LogP contribution in [-0.2, 0) is 0 Å². The molecule has 0 N–H and O–H groups in total. The SMILES string of the molecule is C1=CCC(c2cc(-c3ccccc3)c(-c3ccccc3)cc2C2=CC=CC2)=C1. The summed E-state index contributed by atoms with van der Waals surface area (Å²) in [5.74, 6) is 0. The molecule has 2 aliphatic rings. The van der Waals surface area contributed by atoms with Gasteiger partial charge >= 0.3 is 0 Å². The van der Waals surface area contributed by atoms with Gasteiger partial charge in [-0.3, -0.25) is 0 Å². The maximum atomic E-state index is 2.41. The molecule has 0 heteroatoms. The van der Waals surface area contributed by atoms with Crippen molar-refractivity contribution in [2.24, 2.45) is 0 Å².